The second-order valence-corrected chi connectivity index (χ2v) is 7.51. The van der Waals surface area contributed by atoms with Crippen molar-refractivity contribution >= 4 is 16.9 Å². The summed E-state index contributed by atoms with van der Waals surface area (Å²) >= 11 is 0. The number of esters is 1. The summed E-state index contributed by atoms with van der Waals surface area (Å²) in [6, 6.07) is 16.2. The summed E-state index contributed by atoms with van der Waals surface area (Å²) in [5.74, 6) is -0.584. The molecule has 0 aliphatic carbocycles. The SMILES string of the molecule is COC(=O)C[C@@H](c1cccc(OC)c1)c1c(O)ccc2c(=O)c(-c3ccc(O)cc3)coc12. The van der Waals surface area contributed by atoms with Gasteiger partial charge in [-0.25, -0.2) is 0 Å². The molecule has 0 saturated carbocycles. The van der Waals surface area contributed by atoms with Crippen LogP contribution in [0.1, 0.15) is 23.5 Å². The topological polar surface area (TPSA) is 106 Å². The van der Waals surface area contributed by atoms with Gasteiger partial charge in [0.1, 0.15) is 29.1 Å². The van der Waals surface area contributed by atoms with Crippen LogP contribution < -0.4 is 10.2 Å². The van der Waals surface area contributed by atoms with Gasteiger partial charge in [0.15, 0.2) is 0 Å². The van der Waals surface area contributed by atoms with E-state index in [-0.39, 0.29) is 34.3 Å². The highest BCUT2D eigenvalue weighted by Crippen LogP contribution is 2.40. The van der Waals surface area contributed by atoms with Crippen molar-refractivity contribution in [1.29, 1.82) is 0 Å². The van der Waals surface area contributed by atoms with Crippen LogP contribution >= 0.6 is 0 Å². The zero-order chi connectivity index (χ0) is 23.5. The van der Waals surface area contributed by atoms with Gasteiger partial charge in [-0.15, -0.1) is 0 Å². The van der Waals surface area contributed by atoms with Crippen molar-refractivity contribution < 1.29 is 28.9 Å². The molecule has 4 aromatic rings. The number of methoxy groups -OCH3 is 2. The molecule has 3 aromatic carbocycles. The molecule has 1 atom stereocenters. The lowest BCUT2D eigenvalue weighted by Crippen LogP contribution is -2.12. The summed E-state index contributed by atoms with van der Waals surface area (Å²) < 4.78 is 16.1. The molecule has 0 bridgehead atoms. The number of carbonyl (C=O) groups is 1. The van der Waals surface area contributed by atoms with Crippen LogP contribution in [0.25, 0.3) is 22.1 Å². The Bertz CT molecular complexity index is 1370. The highest BCUT2D eigenvalue weighted by Gasteiger charge is 2.27. The molecular formula is C26H22O7. The van der Waals surface area contributed by atoms with Crippen LogP contribution in [-0.2, 0) is 9.53 Å². The van der Waals surface area contributed by atoms with Gasteiger partial charge in [0.2, 0.25) is 5.43 Å². The number of hydrogen-bond donors (Lipinski definition) is 2. The Kier molecular flexibility index (Phi) is 6.04. The first-order valence-corrected chi connectivity index (χ1v) is 10.2. The summed E-state index contributed by atoms with van der Waals surface area (Å²) in [5, 5.41) is 20.6. The second kappa shape index (κ2) is 9.08. The minimum atomic E-state index is -0.654. The molecule has 7 heteroatoms. The summed E-state index contributed by atoms with van der Waals surface area (Å²) in [7, 11) is 2.83. The third-order valence-corrected chi connectivity index (χ3v) is 5.58. The number of ether oxygens (including phenoxy) is 2. The van der Waals surface area contributed by atoms with Gasteiger partial charge in [0.05, 0.1) is 31.6 Å². The maximum atomic E-state index is 13.3. The number of carbonyl (C=O) groups excluding carboxylic acids is 1. The Morgan fingerprint density at radius 3 is 2.48 bits per heavy atom. The molecule has 168 valence electrons. The molecule has 0 saturated heterocycles. The van der Waals surface area contributed by atoms with Crippen LogP contribution in [0.5, 0.6) is 17.2 Å². The fraction of sp³-hybridized carbons (Fsp3) is 0.154. The van der Waals surface area contributed by atoms with E-state index in [2.05, 4.69) is 0 Å². The predicted molar refractivity (Wildman–Crippen MR) is 123 cm³/mol. The first-order chi connectivity index (χ1) is 15.9. The second-order valence-electron chi connectivity index (χ2n) is 7.51. The van der Waals surface area contributed by atoms with Crippen molar-refractivity contribution in [2.45, 2.75) is 12.3 Å². The van der Waals surface area contributed by atoms with Crippen LogP contribution in [-0.4, -0.2) is 30.4 Å². The number of phenolic OH excluding ortho intramolecular Hbond substituents is 2. The minimum absolute atomic E-state index is 0.0834. The van der Waals surface area contributed by atoms with Crippen LogP contribution in [0.15, 0.2) is 76.1 Å². The molecule has 0 radical (unpaired) electrons. The van der Waals surface area contributed by atoms with Gasteiger partial charge >= 0.3 is 5.97 Å². The summed E-state index contributed by atoms with van der Waals surface area (Å²) in [4.78, 5) is 25.6. The molecule has 0 aliphatic rings. The average Bonchev–Trinajstić information content (AvgIpc) is 2.83. The number of benzene rings is 3. The van der Waals surface area contributed by atoms with Crippen LogP contribution in [0.2, 0.25) is 0 Å². The van der Waals surface area contributed by atoms with E-state index < -0.39 is 11.9 Å². The molecule has 0 amide bonds. The van der Waals surface area contributed by atoms with Gasteiger partial charge in [0, 0.05) is 11.5 Å². The third-order valence-electron chi connectivity index (χ3n) is 5.58. The van der Waals surface area contributed by atoms with Crippen LogP contribution in [0.3, 0.4) is 0 Å². The van der Waals surface area contributed by atoms with E-state index in [1.54, 1.807) is 36.4 Å². The standard InChI is InChI=1S/C26H22O7/c1-31-18-5-3-4-16(12-18)20(13-23(29)32-2)24-22(28)11-10-19-25(30)21(14-33-26(19)24)15-6-8-17(27)9-7-15/h3-12,14,20,27-28H,13H2,1-2H3/t20-/m0/s1. The van der Waals surface area contributed by atoms with E-state index in [0.717, 1.165) is 0 Å². The smallest absolute Gasteiger partial charge is 0.306 e. The number of rotatable bonds is 6. The third kappa shape index (κ3) is 4.25. The van der Waals surface area contributed by atoms with Gasteiger partial charge in [-0.2, -0.15) is 0 Å². The van der Waals surface area contributed by atoms with E-state index >= 15 is 0 Å². The van der Waals surface area contributed by atoms with E-state index in [0.29, 0.717) is 28.0 Å². The highest BCUT2D eigenvalue weighted by atomic mass is 16.5. The monoisotopic (exact) mass is 446 g/mol. The Morgan fingerprint density at radius 1 is 1.03 bits per heavy atom. The lowest BCUT2D eigenvalue weighted by atomic mass is 9.86. The lowest BCUT2D eigenvalue weighted by Gasteiger charge is -2.20. The maximum Gasteiger partial charge on any atom is 0.306 e. The van der Waals surface area contributed by atoms with Crippen molar-refractivity contribution in [3.05, 3.63) is 88.3 Å². The summed E-state index contributed by atoms with van der Waals surface area (Å²) in [5.41, 5.74) is 1.76. The van der Waals surface area contributed by atoms with Crippen molar-refractivity contribution in [3.8, 4) is 28.4 Å². The minimum Gasteiger partial charge on any atom is -0.508 e. The molecular weight excluding hydrogens is 424 g/mol. The first-order valence-electron chi connectivity index (χ1n) is 10.2. The Hall–Kier alpha value is -4.26. The van der Waals surface area contributed by atoms with E-state index in [4.69, 9.17) is 13.9 Å². The van der Waals surface area contributed by atoms with E-state index in [1.807, 2.05) is 0 Å². The molecule has 0 fully saturated rings. The van der Waals surface area contributed by atoms with Gasteiger partial charge in [0.25, 0.3) is 0 Å². The van der Waals surface area contributed by atoms with E-state index in [9.17, 15) is 19.8 Å². The maximum absolute atomic E-state index is 13.3. The first kappa shape index (κ1) is 22.0. The highest BCUT2D eigenvalue weighted by molar-refractivity contribution is 5.87. The fourth-order valence-corrected chi connectivity index (χ4v) is 3.88. The Labute approximate surface area is 189 Å². The molecule has 4 rings (SSSR count). The molecule has 33 heavy (non-hydrogen) atoms. The van der Waals surface area contributed by atoms with Gasteiger partial charge in [-0.05, 0) is 47.5 Å². The average molecular weight is 446 g/mol. The van der Waals surface area contributed by atoms with Crippen LogP contribution in [0, 0.1) is 0 Å². The normalized spacial score (nSPS) is 11.8. The number of hydrogen-bond acceptors (Lipinski definition) is 7. The number of aromatic hydroxyl groups is 2. The molecule has 1 heterocycles. The van der Waals surface area contributed by atoms with Crippen molar-refractivity contribution in [2.24, 2.45) is 0 Å². The van der Waals surface area contributed by atoms with Crippen molar-refractivity contribution in [1.82, 2.24) is 0 Å². The Morgan fingerprint density at radius 2 is 1.79 bits per heavy atom. The molecule has 0 unspecified atom stereocenters. The molecule has 1 aromatic heterocycles. The van der Waals surface area contributed by atoms with Gasteiger partial charge in [-0.3, -0.25) is 9.59 Å². The molecule has 7 nitrogen and oxygen atoms in total. The van der Waals surface area contributed by atoms with Gasteiger partial charge in [-0.1, -0.05) is 24.3 Å². The number of fused-ring (bicyclic) bond motifs is 1. The molecule has 0 aliphatic heterocycles. The molecule has 2 N–H and O–H groups in total. The summed E-state index contributed by atoms with van der Waals surface area (Å²) in [6.07, 6.45) is 1.24. The zero-order valence-corrected chi connectivity index (χ0v) is 18.1. The van der Waals surface area contributed by atoms with Crippen molar-refractivity contribution in [3.63, 3.8) is 0 Å². The lowest BCUT2D eigenvalue weighted by molar-refractivity contribution is -0.140. The van der Waals surface area contributed by atoms with E-state index in [1.165, 1.54) is 44.7 Å². The quantitative estimate of drug-likeness (QED) is 0.418. The van der Waals surface area contributed by atoms with Crippen molar-refractivity contribution in [2.75, 3.05) is 14.2 Å². The zero-order valence-electron chi connectivity index (χ0n) is 18.1. The largest absolute Gasteiger partial charge is 0.508 e. The Balaban J connectivity index is 1.94. The number of phenols is 2. The molecule has 0 spiro atoms. The predicted octanol–water partition coefficient (Wildman–Crippen LogP) is 4.57. The van der Waals surface area contributed by atoms with Crippen LogP contribution in [0.4, 0.5) is 0 Å². The summed E-state index contributed by atoms with van der Waals surface area (Å²) in [6.45, 7) is 0. The fourth-order valence-electron chi connectivity index (χ4n) is 3.88. The van der Waals surface area contributed by atoms with Gasteiger partial charge < -0.3 is 24.1 Å².